The van der Waals surface area contributed by atoms with Gasteiger partial charge in [-0.2, -0.15) is 0 Å². The van der Waals surface area contributed by atoms with Crippen LogP contribution in [-0.4, -0.2) is 31.7 Å². The molecule has 0 spiro atoms. The molecule has 0 aromatic heterocycles. The molecule has 0 amide bonds. The summed E-state index contributed by atoms with van der Waals surface area (Å²) in [6.45, 7) is 13.5. The van der Waals surface area contributed by atoms with E-state index >= 15 is 0 Å². The molecule has 184 valence electrons. The van der Waals surface area contributed by atoms with Crippen LogP contribution in [0.15, 0.2) is 42.0 Å². The molecule has 1 heterocycles. The minimum Gasteiger partial charge on any atom is -0.493 e. The third-order valence-electron chi connectivity index (χ3n) is 6.02. The number of cyclic esters (lactones) is 1. The Bertz CT molecular complexity index is 1130. The lowest BCUT2D eigenvalue weighted by molar-refractivity contribution is 0.0532. The zero-order valence-corrected chi connectivity index (χ0v) is 22.8. The second-order valence-electron chi connectivity index (χ2n) is 10.1. The minimum absolute atomic E-state index is 0.0846. The Labute approximate surface area is 203 Å². The molecule has 1 atom stereocenters. The van der Waals surface area contributed by atoms with Gasteiger partial charge < -0.3 is 18.9 Å². The summed E-state index contributed by atoms with van der Waals surface area (Å²) in [6, 6.07) is 9.61. The van der Waals surface area contributed by atoms with Crippen molar-refractivity contribution in [3.63, 3.8) is 0 Å². The molecule has 8 heteroatoms. The van der Waals surface area contributed by atoms with E-state index in [1.54, 1.807) is 24.3 Å². The van der Waals surface area contributed by atoms with Gasteiger partial charge in [0.05, 0.1) is 12.8 Å². The zero-order chi connectivity index (χ0) is 25.1. The summed E-state index contributed by atoms with van der Waals surface area (Å²) in [6.07, 6.45) is 2.31. The van der Waals surface area contributed by atoms with Gasteiger partial charge >= 0.3 is 13.6 Å². The zero-order valence-electron chi connectivity index (χ0n) is 20.9. The molecule has 0 fully saturated rings. The number of allylic oxidation sites excluding steroid dienone is 2. The van der Waals surface area contributed by atoms with Gasteiger partial charge in [-0.15, -0.1) is 0 Å². The van der Waals surface area contributed by atoms with Crippen molar-refractivity contribution in [3.05, 3.63) is 69.8 Å². The van der Waals surface area contributed by atoms with E-state index in [0.717, 1.165) is 33.9 Å². The fourth-order valence-corrected chi connectivity index (χ4v) is 5.89. The molecule has 0 bridgehead atoms. The van der Waals surface area contributed by atoms with Crippen LogP contribution in [0.25, 0.3) is 0 Å². The lowest BCUT2D eigenvalue weighted by Gasteiger charge is -2.21. The van der Waals surface area contributed by atoms with E-state index in [0.29, 0.717) is 30.1 Å². The Morgan fingerprint density at radius 3 is 2.50 bits per heavy atom. The van der Waals surface area contributed by atoms with Crippen LogP contribution in [0.5, 0.6) is 11.5 Å². The van der Waals surface area contributed by atoms with Gasteiger partial charge in [0.15, 0.2) is 0 Å². The van der Waals surface area contributed by atoms with Crippen LogP contribution < -0.4 is 9.26 Å². The number of esters is 1. The first-order valence-corrected chi connectivity index (χ1v) is 17.0. The van der Waals surface area contributed by atoms with E-state index in [9.17, 15) is 14.3 Å². The number of rotatable bonds is 10. The molecule has 0 radical (unpaired) electrons. The summed E-state index contributed by atoms with van der Waals surface area (Å²) in [5.41, 5.74) is 5.15. The highest BCUT2D eigenvalue weighted by molar-refractivity contribution is 7.53. The summed E-state index contributed by atoms with van der Waals surface area (Å²) in [5, 5.41) is 0. The van der Waals surface area contributed by atoms with E-state index in [2.05, 4.69) is 19.6 Å². The number of ether oxygens (including phenoxy) is 2. The van der Waals surface area contributed by atoms with Gasteiger partial charge in [0.2, 0.25) is 0 Å². The van der Waals surface area contributed by atoms with E-state index in [1.165, 1.54) is 0 Å². The van der Waals surface area contributed by atoms with Crippen molar-refractivity contribution >= 4 is 21.6 Å². The van der Waals surface area contributed by atoms with Gasteiger partial charge in [0, 0.05) is 19.2 Å². The highest BCUT2D eigenvalue weighted by Gasteiger charge is 2.32. The molecule has 6 nitrogen and oxygen atoms in total. The van der Waals surface area contributed by atoms with E-state index in [-0.39, 0.29) is 18.7 Å². The topological polar surface area (TPSA) is 82.1 Å². The molecular formula is C26H35O6PSi. The van der Waals surface area contributed by atoms with E-state index < -0.39 is 15.7 Å². The molecule has 34 heavy (non-hydrogen) atoms. The number of para-hydroxylation sites is 1. The fraction of sp³-hybridized carbons (Fsp3) is 0.423. The fourth-order valence-electron chi connectivity index (χ4n) is 3.90. The monoisotopic (exact) mass is 502 g/mol. The molecule has 2 aromatic carbocycles. The Kier molecular flexibility index (Phi) is 8.12. The van der Waals surface area contributed by atoms with Crippen molar-refractivity contribution in [2.45, 2.75) is 59.5 Å². The van der Waals surface area contributed by atoms with E-state index in [4.69, 9.17) is 14.0 Å². The van der Waals surface area contributed by atoms with Crippen LogP contribution in [0.2, 0.25) is 25.7 Å². The molecule has 0 saturated heterocycles. The van der Waals surface area contributed by atoms with Gasteiger partial charge in [-0.05, 0) is 56.5 Å². The Morgan fingerprint density at radius 1 is 1.18 bits per heavy atom. The predicted molar refractivity (Wildman–Crippen MR) is 138 cm³/mol. The van der Waals surface area contributed by atoms with Crippen molar-refractivity contribution in [1.29, 1.82) is 0 Å². The van der Waals surface area contributed by atoms with Crippen LogP contribution in [0, 0.1) is 13.8 Å². The van der Waals surface area contributed by atoms with Crippen molar-refractivity contribution in [3.8, 4) is 11.5 Å². The number of fused-ring (bicyclic) bond motifs is 1. The third kappa shape index (κ3) is 6.62. The summed E-state index contributed by atoms with van der Waals surface area (Å²) < 4.78 is 29.6. The van der Waals surface area contributed by atoms with E-state index in [1.807, 2.05) is 32.9 Å². The summed E-state index contributed by atoms with van der Waals surface area (Å²) >= 11 is 0. The van der Waals surface area contributed by atoms with Crippen LogP contribution in [0.4, 0.5) is 0 Å². The SMILES string of the molecule is C/C(=C\Cc1c(C)c(C)c2c(c1OCC[Si](C)(C)C)C(=O)OC2)CP(=O)(O)Oc1ccccc1. The molecule has 1 aliphatic heterocycles. The molecular weight excluding hydrogens is 467 g/mol. The molecule has 2 aromatic rings. The molecule has 1 N–H and O–H groups in total. The number of carbonyl (C=O) groups is 1. The predicted octanol–water partition coefficient (Wildman–Crippen LogP) is 6.44. The van der Waals surface area contributed by atoms with Gasteiger partial charge in [0.25, 0.3) is 0 Å². The minimum atomic E-state index is -3.85. The quantitative estimate of drug-likeness (QED) is 0.174. The molecule has 1 aliphatic rings. The maximum atomic E-state index is 12.6. The smallest absolute Gasteiger partial charge is 0.380 e. The van der Waals surface area contributed by atoms with Gasteiger partial charge in [-0.1, -0.05) is 49.5 Å². The first kappa shape index (κ1) is 26.3. The largest absolute Gasteiger partial charge is 0.493 e. The van der Waals surface area contributed by atoms with Crippen LogP contribution in [-0.2, 0) is 22.3 Å². The summed E-state index contributed by atoms with van der Waals surface area (Å²) in [5.74, 6) is 0.609. The maximum Gasteiger partial charge on any atom is 0.380 e. The summed E-state index contributed by atoms with van der Waals surface area (Å²) in [4.78, 5) is 22.9. The number of hydrogen-bond donors (Lipinski definition) is 1. The Hall–Kier alpha value is -2.34. The highest BCUT2D eigenvalue weighted by Crippen LogP contribution is 2.44. The standard InChI is InChI=1S/C26H35O6PSi/c1-18(17-33(28,29)32-21-10-8-7-9-11-21)12-13-22-19(2)20(3)23-16-31-26(27)24(23)25(22)30-14-15-34(4,5)6/h7-12H,13-17H2,1-6H3,(H,28,29)/b18-12+. The molecule has 1 unspecified atom stereocenters. The molecule has 3 rings (SSSR count). The lowest BCUT2D eigenvalue weighted by atomic mass is 9.91. The second kappa shape index (κ2) is 10.5. The van der Waals surface area contributed by atoms with Crippen LogP contribution in [0.3, 0.4) is 0 Å². The third-order valence-corrected chi connectivity index (χ3v) is 9.11. The molecule has 0 saturated carbocycles. The maximum absolute atomic E-state index is 12.6. The van der Waals surface area contributed by atoms with Crippen LogP contribution >= 0.6 is 7.60 Å². The first-order chi connectivity index (χ1) is 15.9. The highest BCUT2D eigenvalue weighted by atomic mass is 31.2. The van der Waals surface area contributed by atoms with Crippen molar-refractivity contribution in [2.75, 3.05) is 12.8 Å². The Balaban J connectivity index is 1.85. The normalized spacial score (nSPS) is 15.5. The number of carbonyl (C=O) groups excluding carboxylic acids is 1. The number of benzene rings is 2. The lowest BCUT2D eigenvalue weighted by Crippen LogP contribution is -2.23. The van der Waals surface area contributed by atoms with Gasteiger partial charge in [-0.3, -0.25) is 0 Å². The van der Waals surface area contributed by atoms with Crippen molar-refractivity contribution in [2.24, 2.45) is 0 Å². The Morgan fingerprint density at radius 2 is 1.85 bits per heavy atom. The van der Waals surface area contributed by atoms with Crippen molar-refractivity contribution in [1.82, 2.24) is 0 Å². The van der Waals surface area contributed by atoms with Crippen molar-refractivity contribution < 1.29 is 28.3 Å². The second-order valence-corrected chi connectivity index (χ2v) is 17.5. The molecule has 0 aliphatic carbocycles. The summed E-state index contributed by atoms with van der Waals surface area (Å²) in [7, 11) is -5.17. The first-order valence-electron chi connectivity index (χ1n) is 11.5. The average molecular weight is 503 g/mol. The average Bonchev–Trinajstić information content (AvgIpc) is 3.11. The van der Waals surface area contributed by atoms with Crippen LogP contribution in [0.1, 0.15) is 39.5 Å². The number of hydrogen-bond acceptors (Lipinski definition) is 5. The van der Waals surface area contributed by atoms with Gasteiger partial charge in [-0.25, -0.2) is 9.36 Å². The van der Waals surface area contributed by atoms with Gasteiger partial charge in [0.1, 0.15) is 23.7 Å².